The molecule has 1 aliphatic heterocycles. The van der Waals surface area contributed by atoms with Crippen LogP contribution in [0.25, 0.3) is 32.1 Å². The molecule has 218 valence electrons. The van der Waals surface area contributed by atoms with E-state index >= 15 is 4.39 Å². The summed E-state index contributed by atoms with van der Waals surface area (Å²) in [6.45, 7) is 7.40. The molecule has 5 rings (SSSR count). The topological polar surface area (TPSA) is 108 Å². The predicted molar refractivity (Wildman–Crippen MR) is 149 cm³/mol. The van der Waals surface area contributed by atoms with Crippen LogP contribution in [-0.2, 0) is 11.0 Å². The van der Waals surface area contributed by atoms with Gasteiger partial charge in [-0.25, -0.2) is 8.78 Å². The third-order valence-electron chi connectivity index (χ3n) is 7.29. The summed E-state index contributed by atoms with van der Waals surface area (Å²) in [7, 11) is 1.23. The molecule has 2 aromatic carbocycles. The number of nitrogens with zero attached hydrogens (tertiary/aromatic N) is 5. The number of aromatic nitrogens is 2. The summed E-state index contributed by atoms with van der Waals surface area (Å²) in [5, 5.41) is 9.09. The number of nitrogen functional groups attached to an aromatic ring is 1. The first-order valence-corrected chi connectivity index (χ1v) is 13.4. The van der Waals surface area contributed by atoms with Gasteiger partial charge in [0.15, 0.2) is 5.82 Å². The number of hydrogen-bond acceptors (Lipinski definition) is 8. The molecule has 0 aliphatic carbocycles. The molecule has 1 aliphatic rings. The van der Waals surface area contributed by atoms with Crippen molar-refractivity contribution in [2.45, 2.75) is 32.1 Å². The highest BCUT2D eigenvalue weighted by molar-refractivity contribution is 7.23. The molecule has 1 fully saturated rings. The van der Waals surface area contributed by atoms with E-state index in [1.54, 1.807) is 29.7 Å². The molecule has 0 unspecified atom stereocenters. The first kappa shape index (κ1) is 29.0. The first-order chi connectivity index (χ1) is 19.8. The number of fused-ring (bicyclic) bond motifs is 2. The number of alkyl halides is 3. The van der Waals surface area contributed by atoms with Gasteiger partial charge in [0, 0.05) is 41.5 Å². The van der Waals surface area contributed by atoms with Crippen LogP contribution in [0.3, 0.4) is 0 Å². The molecule has 1 saturated heterocycles. The van der Waals surface area contributed by atoms with Crippen LogP contribution >= 0.6 is 11.3 Å². The number of rotatable bonds is 4. The van der Waals surface area contributed by atoms with Crippen molar-refractivity contribution in [2.75, 3.05) is 30.8 Å². The second-order valence-corrected chi connectivity index (χ2v) is 10.9. The van der Waals surface area contributed by atoms with Crippen LogP contribution in [-0.4, -0.2) is 53.1 Å². The number of methoxy groups -OCH3 is 1. The minimum atomic E-state index is -5.08. The van der Waals surface area contributed by atoms with Crippen molar-refractivity contribution < 1.29 is 31.5 Å². The molecule has 4 aromatic rings. The van der Waals surface area contributed by atoms with Crippen molar-refractivity contribution >= 4 is 49.1 Å². The van der Waals surface area contributed by atoms with Crippen LogP contribution in [0, 0.1) is 23.0 Å². The van der Waals surface area contributed by atoms with Crippen LogP contribution in [0.5, 0.6) is 6.01 Å². The summed E-state index contributed by atoms with van der Waals surface area (Å²) in [5.41, 5.74) is 2.51. The van der Waals surface area contributed by atoms with Crippen molar-refractivity contribution in [3.8, 4) is 23.2 Å². The zero-order valence-electron chi connectivity index (χ0n) is 22.5. The highest BCUT2D eigenvalue weighted by Gasteiger charge is 2.39. The number of halogens is 5. The Morgan fingerprint density at radius 3 is 2.57 bits per heavy atom. The fraction of sp³-hybridized carbons (Fsp3) is 0.286. The number of amides is 1. The molecule has 0 spiro atoms. The molecule has 2 aromatic heterocycles. The van der Waals surface area contributed by atoms with E-state index in [4.69, 9.17) is 10.5 Å². The van der Waals surface area contributed by atoms with Crippen LogP contribution in [0.1, 0.15) is 25.0 Å². The van der Waals surface area contributed by atoms with E-state index in [1.165, 1.54) is 13.2 Å². The Hall–Kier alpha value is -4.51. The number of piperazine rings is 1. The van der Waals surface area contributed by atoms with Gasteiger partial charge in [-0.05, 0) is 37.6 Å². The standard InChI is InChI=1S/C28H23F5N6O2S/c1-5-19(40)38-10-13(3)39(11-12(38)2)26-15-8-17(28(31,32)33)21(22(30)23(15)36-27(37-26)41-4)14-6-7-18(29)24-20(14)16(9-34)25(35)42-24/h5-8,12-13H,1,10-11,35H2,2-4H3/t12-,13+/m1/s1. The average Bonchev–Trinajstić information content (AvgIpc) is 3.30. The lowest BCUT2D eigenvalue weighted by Gasteiger charge is -2.44. The van der Waals surface area contributed by atoms with E-state index in [-0.39, 0.29) is 68.5 Å². The Labute approximate surface area is 240 Å². The molecule has 1 amide bonds. The van der Waals surface area contributed by atoms with E-state index in [1.807, 2.05) is 0 Å². The van der Waals surface area contributed by atoms with Crippen LogP contribution in [0.15, 0.2) is 30.9 Å². The van der Waals surface area contributed by atoms with Crippen molar-refractivity contribution in [1.82, 2.24) is 14.9 Å². The number of carbonyl (C=O) groups is 1. The van der Waals surface area contributed by atoms with Crippen LogP contribution in [0.4, 0.5) is 32.8 Å². The molecule has 2 atom stereocenters. The smallest absolute Gasteiger partial charge is 0.417 e. The Kier molecular flexibility index (Phi) is 7.18. The third kappa shape index (κ3) is 4.53. The summed E-state index contributed by atoms with van der Waals surface area (Å²) >= 11 is 0.683. The fourth-order valence-corrected chi connectivity index (χ4v) is 6.29. The van der Waals surface area contributed by atoms with Gasteiger partial charge in [0.2, 0.25) is 5.91 Å². The largest absolute Gasteiger partial charge is 0.467 e. The molecule has 0 bridgehead atoms. The summed E-state index contributed by atoms with van der Waals surface area (Å²) in [4.78, 5) is 23.9. The van der Waals surface area contributed by atoms with Gasteiger partial charge in [-0.2, -0.15) is 28.4 Å². The number of benzene rings is 2. The van der Waals surface area contributed by atoms with Crippen LogP contribution in [0.2, 0.25) is 0 Å². The van der Waals surface area contributed by atoms with Gasteiger partial charge in [0.25, 0.3) is 0 Å². The SMILES string of the molecule is C=CC(=O)N1C[C@H](C)N(c2nc(OC)nc3c(F)c(-c4ccc(F)c5sc(N)c(C#N)c45)c(C(F)(F)F)cc23)C[C@H]1C. The lowest BCUT2D eigenvalue weighted by molar-refractivity contribution is -0.137. The highest BCUT2D eigenvalue weighted by Crippen LogP contribution is 2.48. The molecule has 42 heavy (non-hydrogen) atoms. The summed E-state index contributed by atoms with van der Waals surface area (Å²) in [6, 6.07) is 3.32. The minimum absolute atomic E-state index is 0.0143. The normalized spacial score (nSPS) is 17.5. The number of carbonyl (C=O) groups excluding carboxylic acids is 1. The average molecular weight is 603 g/mol. The first-order valence-electron chi connectivity index (χ1n) is 12.6. The van der Waals surface area contributed by atoms with Gasteiger partial charge in [0.1, 0.15) is 28.2 Å². The van der Waals surface area contributed by atoms with Crippen molar-refractivity contribution in [3.05, 3.63) is 53.6 Å². The molecule has 0 saturated carbocycles. The number of thiophene rings is 1. The molecular weight excluding hydrogens is 579 g/mol. The van der Waals surface area contributed by atoms with Gasteiger partial charge >= 0.3 is 12.2 Å². The summed E-state index contributed by atoms with van der Waals surface area (Å²) < 4.78 is 80.3. The van der Waals surface area contributed by atoms with Gasteiger partial charge in [-0.15, -0.1) is 11.3 Å². The maximum absolute atomic E-state index is 16.5. The van der Waals surface area contributed by atoms with Crippen molar-refractivity contribution in [1.29, 1.82) is 5.26 Å². The second-order valence-electron chi connectivity index (χ2n) is 9.84. The number of nitrogens with two attached hydrogens (primary N) is 1. The predicted octanol–water partition coefficient (Wildman–Crippen LogP) is 5.88. The Balaban J connectivity index is 1.83. The number of anilines is 2. The molecule has 3 heterocycles. The summed E-state index contributed by atoms with van der Waals surface area (Å²) in [5.74, 6) is -2.49. The minimum Gasteiger partial charge on any atom is -0.467 e. The summed E-state index contributed by atoms with van der Waals surface area (Å²) in [6.07, 6.45) is -3.90. The lowest BCUT2D eigenvalue weighted by Crippen LogP contribution is -2.58. The zero-order chi connectivity index (χ0) is 30.7. The van der Waals surface area contributed by atoms with Gasteiger partial charge in [-0.1, -0.05) is 12.6 Å². The molecule has 8 nitrogen and oxygen atoms in total. The fourth-order valence-electron chi connectivity index (χ4n) is 5.34. The molecule has 0 radical (unpaired) electrons. The van der Waals surface area contributed by atoms with E-state index in [9.17, 15) is 27.6 Å². The number of hydrogen-bond donors (Lipinski definition) is 1. The maximum Gasteiger partial charge on any atom is 0.417 e. The lowest BCUT2D eigenvalue weighted by atomic mass is 9.92. The van der Waals surface area contributed by atoms with E-state index in [0.29, 0.717) is 11.3 Å². The van der Waals surface area contributed by atoms with Gasteiger partial charge < -0.3 is 20.3 Å². The van der Waals surface area contributed by atoms with Crippen LogP contribution < -0.4 is 15.4 Å². The maximum atomic E-state index is 16.5. The quantitative estimate of drug-likeness (QED) is 0.230. The van der Waals surface area contributed by atoms with E-state index in [0.717, 1.165) is 18.2 Å². The number of ether oxygens (including phenoxy) is 1. The Bertz CT molecular complexity index is 1820. The van der Waals surface area contributed by atoms with Crippen molar-refractivity contribution in [3.63, 3.8) is 0 Å². The van der Waals surface area contributed by atoms with E-state index < -0.39 is 40.5 Å². The van der Waals surface area contributed by atoms with Gasteiger partial charge in [-0.3, -0.25) is 4.79 Å². The molecular formula is C28H23F5N6O2S. The van der Waals surface area contributed by atoms with E-state index in [2.05, 4.69) is 16.5 Å². The molecule has 2 N–H and O–H groups in total. The Morgan fingerprint density at radius 1 is 1.24 bits per heavy atom. The monoisotopic (exact) mass is 602 g/mol. The van der Waals surface area contributed by atoms with Crippen molar-refractivity contribution in [2.24, 2.45) is 0 Å². The zero-order valence-corrected chi connectivity index (χ0v) is 23.3. The highest BCUT2D eigenvalue weighted by atomic mass is 32.1. The Morgan fingerprint density at radius 2 is 1.95 bits per heavy atom. The van der Waals surface area contributed by atoms with Gasteiger partial charge in [0.05, 0.1) is 22.9 Å². The second kappa shape index (κ2) is 10.4. The third-order valence-corrected chi connectivity index (χ3v) is 8.32. The molecule has 14 heteroatoms. The number of nitriles is 1.